The van der Waals surface area contributed by atoms with Crippen molar-refractivity contribution in [1.82, 2.24) is 4.90 Å². The third-order valence-electron chi connectivity index (χ3n) is 4.42. The van der Waals surface area contributed by atoms with E-state index >= 15 is 0 Å². The molecule has 3 nitrogen and oxygen atoms in total. The van der Waals surface area contributed by atoms with Gasteiger partial charge < -0.3 is 10.2 Å². The van der Waals surface area contributed by atoms with Crippen LogP contribution in [0, 0.1) is 5.82 Å². The number of carbonyl (C=O) groups is 1. The van der Waals surface area contributed by atoms with Crippen LogP contribution in [0.2, 0.25) is 5.02 Å². The Morgan fingerprint density at radius 2 is 1.88 bits per heavy atom. The zero-order valence-electron chi connectivity index (χ0n) is 13.6. The lowest BCUT2D eigenvalue weighted by atomic mass is 9.99. The number of piperidine rings is 1. The molecule has 1 fully saturated rings. The highest BCUT2D eigenvalue weighted by Gasteiger charge is 2.21. The molecule has 1 saturated heterocycles. The van der Waals surface area contributed by atoms with Crippen molar-refractivity contribution in [3.8, 4) is 0 Å². The summed E-state index contributed by atoms with van der Waals surface area (Å²) in [6, 6.07) is 11.4. The molecular formula is C19H20ClFN2O. The van der Waals surface area contributed by atoms with Crippen LogP contribution in [-0.2, 0) is 0 Å². The Morgan fingerprint density at radius 1 is 1.17 bits per heavy atom. The van der Waals surface area contributed by atoms with Gasteiger partial charge in [-0.3, -0.25) is 4.79 Å². The molecule has 0 atom stereocenters. The minimum absolute atomic E-state index is 0.268. The maximum absolute atomic E-state index is 13.7. The van der Waals surface area contributed by atoms with Crippen LogP contribution >= 0.6 is 11.6 Å². The van der Waals surface area contributed by atoms with Crippen molar-refractivity contribution >= 4 is 23.1 Å². The molecule has 24 heavy (non-hydrogen) atoms. The predicted molar refractivity (Wildman–Crippen MR) is 95.4 cm³/mol. The fourth-order valence-corrected chi connectivity index (χ4v) is 3.22. The van der Waals surface area contributed by atoms with E-state index in [9.17, 15) is 9.18 Å². The second-order valence-corrected chi connectivity index (χ2v) is 6.63. The Labute approximate surface area is 146 Å². The maximum atomic E-state index is 13.7. The highest BCUT2D eigenvalue weighted by Crippen LogP contribution is 2.26. The number of anilines is 1. The molecule has 0 amide bonds. The van der Waals surface area contributed by atoms with E-state index in [0.717, 1.165) is 25.9 Å². The van der Waals surface area contributed by atoms with Gasteiger partial charge in [-0.15, -0.1) is 0 Å². The Bertz CT molecular complexity index is 742. The van der Waals surface area contributed by atoms with Crippen LogP contribution in [0.3, 0.4) is 0 Å². The summed E-state index contributed by atoms with van der Waals surface area (Å²) in [5, 5.41) is 3.78. The standard InChI is InChI=1S/C19H20ClFN2O/c1-23-10-8-14(9-11-23)22-18-7-6-13(21)12-16(18)19(24)15-4-2-3-5-17(15)20/h2-7,12,14,22H,8-11H2,1H3. The van der Waals surface area contributed by atoms with E-state index in [2.05, 4.69) is 17.3 Å². The lowest BCUT2D eigenvalue weighted by Crippen LogP contribution is -2.37. The number of ketones is 1. The van der Waals surface area contributed by atoms with Crippen LogP contribution in [0.4, 0.5) is 10.1 Å². The fraction of sp³-hybridized carbons (Fsp3) is 0.316. The summed E-state index contributed by atoms with van der Waals surface area (Å²) in [5.41, 5.74) is 1.37. The summed E-state index contributed by atoms with van der Waals surface area (Å²) in [4.78, 5) is 15.1. The van der Waals surface area contributed by atoms with Gasteiger partial charge in [0.15, 0.2) is 5.78 Å². The molecule has 0 unspecified atom stereocenters. The van der Waals surface area contributed by atoms with Gasteiger partial charge in [-0.1, -0.05) is 23.7 Å². The fourth-order valence-electron chi connectivity index (χ4n) is 2.99. The molecule has 3 rings (SSSR count). The summed E-state index contributed by atoms with van der Waals surface area (Å²) in [5.74, 6) is -0.699. The molecule has 1 heterocycles. The number of halogens is 2. The van der Waals surface area contributed by atoms with Crippen LogP contribution in [0.25, 0.3) is 0 Å². The zero-order valence-corrected chi connectivity index (χ0v) is 14.3. The molecule has 1 aliphatic heterocycles. The average molecular weight is 347 g/mol. The van der Waals surface area contributed by atoms with E-state index in [1.54, 1.807) is 30.3 Å². The van der Waals surface area contributed by atoms with Crippen LogP contribution in [0.15, 0.2) is 42.5 Å². The number of likely N-dealkylation sites (tertiary alicyclic amines) is 1. The van der Waals surface area contributed by atoms with E-state index in [1.165, 1.54) is 12.1 Å². The maximum Gasteiger partial charge on any atom is 0.196 e. The molecule has 0 aromatic heterocycles. The summed E-state index contributed by atoms with van der Waals surface area (Å²) < 4.78 is 13.7. The van der Waals surface area contributed by atoms with Crippen molar-refractivity contribution in [2.45, 2.75) is 18.9 Å². The van der Waals surface area contributed by atoms with E-state index < -0.39 is 5.82 Å². The van der Waals surface area contributed by atoms with Crippen LogP contribution < -0.4 is 5.32 Å². The number of rotatable bonds is 4. The first-order chi connectivity index (χ1) is 11.5. The molecule has 2 aromatic rings. The van der Waals surface area contributed by atoms with Crippen molar-refractivity contribution in [2.24, 2.45) is 0 Å². The minimum atomic E-state index is -0.431. The van der Waals surface area contributed by atoms with Gasteiger partial charge in [-0.2, -0.15) is 0 Å². The Balaban J connectivity index is 1.88. The number of hydrogen-bond acceptors (Lipinski definition) is 3. The molecule has 0 spiro atoms. The molecule has 0 aliphatic carbocycles. The normalized spacial score (nSPS) is 16.1. The molecule has 2 aromatic carbocycles. The summed E-state index contributed by atoms with van der Waals surface area (Å²) >= 11 is 6.13. The second-order valence-electron chi connectivity index (χ2n) is 6.22. The third-order valence-corrected chi connectivity index (χ3v) is 4.75. The van der Waals surface area contributed by atoms with Crippen molar-refractivity contribution in [3.63, 3.8) is 0 Å². The molecule has 0 bridgehead atoms. The molecule has 1 N–H and O–H groups in total. The Hall–Kier alpha value is -1.91. The Morgan fingerprint density at radius 3 is 2.58 bits per heavy atom. The highest BCUT2D eigenvalue weighted by atomic mass is 35.5. The monoisotopic (exact) mass is 346 g/mol. The largest absolute Gasteiger partial charge is 0.382 e. The van der Waals surface area contributed by atoms with E-state index in [-0.39, 0.29) is 11.8 Å². The molecule has 0 saturated carbocycles. The van der Waals surface area contributed by atoms with Gasteiger partial charge in [0.2, 0.25) is 0 Å². The summed E-state index contributed by atoms with van der Waals surface area (Å²) in [6.45, 7) is 2.01. The van der Waals surface area contributed by atoms with Gasteiger partial charge in [0, 0.05) is 22.9 Å². The first kappa shape index (κ1) is 16.9. The van der Waals surface area contributed by atoms with E-state index in [4.69, 9.17) is 11.6 Å². The lowest BCUT2D eigenvalue weighted by Gasteiger charge is -2.30. The van der Waals surface area contributed by atoms with Crippen molar-refractivity contribution in [2.75, 3.05) is 25.5 Å². The van der Waals surface area contributed by atoms with Gasteiger partial charge in [-0.05, 0) is 63.3 Å². The van der Waals surface area contributed by atoms with Crippen LogP contribution in [0.5, 0.6) is 0 Å². The molecule has 1 aliphatic rings. The topological polar surface area (TPSA) is 32.3 Å². The highest BCUT2D eigenvalue weighted by molar-refractivity contribution is 6.35. The number of benzene rings is 2. The number of carbonyl (C=O) groups excluding carboxylic acids is 1. The van der Waals surface area contributed by atoms with Gasteiger partial charge in [0.25, 0.3) is 0 Å². The first-order valence-corrected chi connectivity index (χ1v) is 8.46. The van der Waals surface area contributed by atoms with Gasteiger partial charge in [0.05, 0.1) is 5.02 Å². The second kappa shape index (κ2) is 7.32. The summed E-state index contributed by atoms with van der Waals surface area (Å²) in [7, 11) is 2.10. The molecule has 126 valence electrons. The van der Waals surface area contributed by atoms with Crippen LogP contribution in [-0.4, -0.2) is 36.9 Å². The van der Waals surface area contributed by atoms with Gasteiger partial charge >= 0.3 is 0 Å². The molecule has 0 radical (unpaired) electrons. The SMILES string of the molecule is CN1CCC(Nc2ccc(F)cc2C(=O)c2ccccc2Cl)CC1. The number of hydrogen-bond donors (Lipinski definition) is 1. The van der Waals surface area contributed by atoms with E-state index in [1.807, 2.05) is 0 Å². The van der Waals surface area contributed by atoms with Gasteiger partial charge in [-0.25, -0.2) is 4.39 Å². The minimum Gasteiger partial charge on any atom is -0.382 e. The van der Waals surface area contributed by atoms with Crippen molar-refractivity contribution in [3.05, 3.63) is 64.4 Å². The zero-order chi connectivity index (χ0) is 17.1. The predicted octanol–water partition coefficient (Wildman–Crippen LogP) is 4.22. The van der Waals surface area contributed by atoms with Crippen molar-refractivity contribution in [1.29, 1.82) is 0 Å². The van der Waals surface area contributed by atoms with Gasteiger partial charge in [0.1, 0.15) is 5.82 Å². The molecular weight excluding hydrogens is 327 g/mol. The van der Waals surface area contributed by atoms with Crippen molar-refractivity contribution < 1.29 is 9.18 Å². The van der Waals surface area contributed by atoms with E-state index in [0.29, 0.717) is 21.8 Å². The summed E-state index contributed by atoms with van der Waals surface area (Å²) in [6.07, 6.45) is 1.99. The smallest absolute Gasteiger partial charge is 0.196 e. The third kappa shape index (κ3) is 3.77. The molecule has 5 heteroatoms. The van der Waals surface area contributed by atoms with Crippen LogP contribution in [0.1, 0.15) is 28.8 Å². The number of nitrogens with one attached hydrogen (secondary N) is 1. The lowest BCUT2D eigenvalue weighted by molar-refractivity contribution is 0.103. The quantitative estimate of drug-likeness (QED) is 0.841. The number of nitrogens with zero attached hydrogens (tertiary/aromatic N) is 1. The Kier molecular flexibility index (Phi) is 5.17. The first-order valence-electron chi connectivity index (χ1n) is 8.08. The average Bonchev–Trinajstić information content (AvgIpc) is 2.58.